The number of ether oxygens (including phenoxy) is 1. The Morgan fingerprint density at radius 3 is 2.84 bits per heavy atom. The minimum absolute atomic E-state index is 0.0374. The first-order chi connectivity index (χ1) is 8.93. The SMILES string of the molecule is CCCNS(=O)(=O)Nc1cccc(OCC(=N)N)c1. The van der Waals surface area contributed by atoms with Crippen molar-refractivity contribution in [3.05, 3.63) is 24.3 Å². The van der Waals surface area contributed by atoms with Crippen molar-refractivity contribution >= 4 is 21.7 Å². The first-order valence-corrected chi connectivity index (χ1v) is 7.24. The molecule has 1 aromatic rings. The van der Waals surface area contributed by atoms with Gasteiger partial charge in [0.1, 0.15) is 18.2 Å². The summed E-state index contributed by atoms with van der Waals surface area (Å²) in [5.41, 5.74) is 5.55. The highest BCUT2D eigenvalue weighted by Gasteiger charge is 2.08. The molecule has 0 heterocycles. The molecule has 0 saturated heterocycles. The van der Waals surface area contributed by atoms with E-state index in [1.54, 1.807) is 18.2 Å². The van der Waals surface area contributed by atoms with Crippen molar-refractivity contribution in [2.45, 2.75) is 13.3 Å². The minimum atomic E-state index is -3.57. The predicted molar refractivity (Wildman–Crippen MR) is 74.7 cm³/mol. The van der Waals surface area contributed by atoms with Gasteiger partial charge in [-0.25, -0.2) is 0 Å². The largest absolute Gasteiger partial charge is 0.486 e. The van der Waals surface area contributed by atoms with Gasteiger partial charge < -0.3 is 10.5 Å². The Morgan fingerprint density at radius 2 is 2.21 bits per heavy atom. The lowest BCUT2D eigenvalue weighted by Crippen LogP contribution is -2.30. The average Bonchev–Trinajstić information content (AvgIpc) is 2.34. The molecule has 1 rings (SSSR count). The van der Waals surface area contributed by atoms with Gasteiger partial charge in [-0.3, -0.25) is 10.1 Å². The van der Waals surface area contributed by atoms with E-state index >= 15 is 0 Å². The molecule has 5 N–H and O–H groups in total. The zero-order valence-electron chi connectivity index (χ0n) is 10.6. The van der Waals surface area contributed by atoms with Gasteiger partial charge in [0.15, 0.2) is 0 Å². The van der Waals surface area contributed by atoms with E-state index in [1.165, 1.54) is 6.07 Å². The van der Waals surface area contributed by atoms with Crippen LogP contribution in [-0.4, -0.2) is 27.4 Å². The van der Waals surface area contributed by atoms with Crippen LogP contribution >= 0.6 is 0 Å². The summed E-state index contributed by atoms with van der Waals surface area (Å²) in [6, 6.07) is 6.42. The fraction of sp³-hybridized carbons (Fsp3) is 0.364. The topological polar surface area (TPSA) is 117 Å². The Balaban J connectivity index is 2.68. The number of anilines is 1. The second-order valence-electron chi connectivity index (χ2n) is 3.84. The molecule has 0 aromatic heterocycles. The highest BCUT2D eigenvalue weighted by molar-refractivity contribution is 7.90. The lowest BCUT2D eigenvalue weighted by atomic mass is 10.3. The first kappa shape index (κ1) is 15.3. The zero-order chi connectivity index (χ0) is 14.3. The number of rotatable bonds is 8. The summed E-state index contributed by atoms with van der Waals surface area (Å²) in [5, 5.41) is 7.05. The number of amidine groups is 1. The van der Waals surface area contributed by atoms with Crippen molar-refractivity contribution < 1.29 is 13.2 Å². The summed E-state index contributed by atoms with van der Waals surface area (Å²) in [4.78, 5) is 0. The molecule has 0 spiro atoms. The second kappa shape index (κ2) is 6.95. The summed E-state index contributed by atoms with van der Waals surface area (Å²) in [6.07, 6.45) is 0.711. The molecule has 1 aromatic carbocycles. The minimum Gasteiger partial charge on any atom is -0.486 e. The van der Waals surface area contributed by atoms with E-state index in [2.05, 4.69) is 9.44 Å². The molecule has 0 amide bonds. The smallest absolute Gasteiger partial charge is 0.299 e. The van der Waals surface area contributed by atoms with E-state index in [0.29, 0.717) is 24.4 Å². The molecule has 0 aliphatic heterocycles. The van der Waals surface area contributed by atoms with E-state index in [1.807, 2.05) is 6.92 Å². The molecule has 0 saturated carbocycles. The lowest BCUT2D eigenvalue weighted by molar-refractivity contribution is 0.374. The van der Waals surface area contributed by atoms with Crippen molar-refractivity contribution in [2.75, 3.05) is 17.9 Å². The summed E-state index contributed by atoms with van der Waals surface area (Å²) in [7, 11) is -3.57. The fourth-order valence-corrected chi connectivity index (χ4v) is 2.22. The van der Waals surface area contributed by atoms with Crippen molar-refractivity contribution in [1.82, 2.24) is 4.72 Å². The zero-order valence-corrected chi connectivity index (χ0v) is 11.5. The molecule has 8 heteroatoms. The quantitative estimate of drug-likeness (QED) is 0.414. The molecule has 0 bridgehead atoms. The third-order valence-corrected chi connectivity index (χ3v) is 3.11. The maximum atomic E-state index is 11.6. The van der Waals surface area contributed by atoms with Crippen molar-refractivity contribution in [1.29, 1.82) is 5.41 Å². The molecule has 19 heavy (non-hydrogen) atoms. The summed E-state index contributed by atoms with van der Waals surface area (Å²) < 4.78 is 33.2. The molecule has 0 unspecified atom stereocenters. The molecule has 0 aliphatic carbocycles. The standard InChI is InChI=1S/C11H18N4O3S/c1-2-6-14-19(16,17)15-9-4-3-5-10(7-9)18-8-11(12)13/h3-5,7,14-15H,2,6,8H2,1H3,(H3,12,13). The number of hydrogen-bond donors (Lipinski definition) is 4. The van der Waals surface area contributed by atoms with Crippen LogP contribution in [0.15, 0.2) is 24.3 Å². The van der Waals surface area contributed by atoms with Crippen LogP contribution in [0.4, 0.5) is 5.69 Å². The maximum absolute atomic E-state index is 11.6. The van der Waals surface area contributed by atoms with E-state index in [9.17, 15) is 8.42 Å². The van der Waals surface area contributed by atoms with E-state index in [0.717, 1.165) is 0 Å². The van der Waals surface area contributed by atoms with Crippen LogP contribution < -0.4 is 19.9 Å². The molecular weight excluding hydrogens is 268 g/mol. The van der Waals surface area contributed by atoms with Gasteiger partial charge in [0.05, 0.1) is 5.69 Å². The van der Waals surface area contributed by atoms with Gasteiger partial charge in [-0.1, -0.05) is 13.0 Å². The van der Waals surface area contributed by atoms with E-state index < -0.39 is 10.2 Å². The van der Waals surface area contributed by atoms with Gasteiger partial charge in [-0.2, -0.15) is 13.1 Å². The van der Waals surface area contributed by atoms with Gasteiger partial charge in [0.25, 0.3) is 10.2 Å². The van der Waals surface area contributed by atoms with E-state index in [4.69, 9.17) is 15.9 Å². The van der Waals surface area contributed by atoms with Gasteiger partial charge in [-0.05, 0) is 18.6 Å². The maximum Gasteiger partial charge on any atom is 0.299 e. The van der Waals surface area contributed by atoms with Crippen LogP contribution in [-0.2, 0) is 10.2 Å². The van der Waals surface area contributed by atoms with Crippen LogP contribution in [0.5, 0.6) is 5.75 Å². The molecule has 0 fully saturated rings. The lowest BCUT2D eigenvalue weighted by Gasteiger charge is -2.10. The van der Waals surface area contributed by atoms with Crippen LogP contribution in [0.1, 0.15) is 13.3 Å². The average molecular weight is 286 g/mol. The Morgan fingerprint density at radius 1 is 1.47 bits per heavy atom. The fourth-order valence-electron chi connectivity index (χ4n) is 1.24. The van der Waals surface area contributed by atoms with Gasteiger partial charge in [-0.15, -0.1) is 0 Å². The molecule has 0 atom stereocenters. The monoisotopic (exact) mass is 286 g/mol. The van der Waals surface area contributed by atoms with Crippen molar-refractivity contribution in [3.8, 4) is 5.75 Å². The number of hydrogen-bond acceptors (Lipinski definition) is 4. The Labute approximate surface area is 112 Å². The van der Waals surface area contributed by atoms with Crippen molar-refractivity contribution in [2.24, 2.45) is 5.73 Å². The predicted octanol–water partition coefficient (Wildman–Crippen LogP) is 0.658. The number of nitrogens with two attached hydrogens (primary N) is 1. The Bertz CT molecular complexity index is 530. The van der Waals surface area contributed by atoms with E-state index in [-0.39, 0.29) is 12.4 Å². The number of nitrogens with one attached hydrogen (secondary N) is 3. The number of benzene rings is 1. The van der Waals surface area contributed by atoms with Gasteiger partial charge in [0.2, 0.25) is 0 Å². The molecule has 106 valence electrons. The normalized spacial score (nSPS) is 11.0. The summed E-state index contributed by atoms with van der Waals surface area (Å²) >= 11 is 0. The summed E-state index contributed by atoms with van der Waals surface area (Å²) in [6.45, 7) is 2.21. The molecule has 0 aliphatic rings. The highest BCUT2D eigenvalue weighted by Crippen LogP contribution is 2.17. The molecule has 0 radical (unpaired) electrons. The van der Waals surface area contributed by atoms with Crippen LogP contribution in [0, 0.1) is 5.41 Å². The first-order valence-electron chi connectivity index (χ1n) is 5.76. The Hall–Kier alpha value is -1.80. The van der Waals surface area contributed by atoms with Crippen molar-refractivity contribution in [3.63, 3.8) is 0 Å². The van der Waals surface area contributed by atoms with Crippen LogP contribution in [0.3, 0.4) is 0 Å². The van der Waals surface area contributed by atoms with Gasteiger partial charge in [0, 0.05) is 12.6 Å². The van der Waals surface area contributed by atoms with Crippen LogP contribution in [0.25, 0.3) is 0 Å². The van der Waals surface area contributed by atoms with Gasteiger partial charge >= 0.3 is 0 Å². The second-order valence-corrected chi connectivity index (χ2v) is 5.34. The third kappa shape index (κ3) is 6.07. The highest BCUT2D eigenvalue weighted by atomic mass is 32.2. The van der Waals surface area contributed by atoms with Crippen LogP contribution in [0.2, 0.25) is 0 Å². The third-order valence-electron chi connectivity index (χ3n) is 2.02. The summed E-state index contributed by atoms with van der Waals surface area (Å²) in [5.74, 6) is 0.335. The molecule has 7 nitrogen and oxygen atoms in total. The molecular formula is C11H18N4O3S. The Kier molecular flexibility index (Phi) is 5.58.